The van der Waals surface area contributed by atoms with Gasteiger partial charge in [0.1, 0.15) is 6.29 Å². The molecule has 0 saturated carbocycles. The second kappa shape index (κ2) is 26.8. The molecule has 0 aliphatic rings. The van der Waals surface area contributed by atoms with Crippen molar-refractivity contribution in [1.82, 2.24) is 10.7 Å². The molecule has 8 heteroatoms. The summed E-state index contributed by atoms with van der Waals surface area (Å²) in [6.07, 6.45) is 23.8. The van der Waals surface area contributed by atoms with Crippen LogP contribution in [0.1, 0.15) is 123 Å². The molecular weight excluding hydrogens is 476 g/mol. The van der Waals surface area contributed by atoms with E-state index in [1.54, 1.807) is 0 Å². The number of unbranched alkanes of at least 4 members (excludes halogenated alkanes) is 15. The Morgan fingerprint density at radius 3 is 1.60 bits per heavy atom. The molecule has 208 valence electrons. The average Bonchev–Trinajstić information content (AvgIpc) is 2.85. The summed E-state index contributed by atoms with van der Waals surface area (Å²) < 4.78 is 0. The van der Waals surface area contributed by atoms with Crippen LogP contribution in [0.15, 0.2) is 0 Å². The summed E-state index contributed by atoms with van der Waals surface area (Å²) in [5.41, 5.74) is 8.36. The maximum absolute atomic E-state index is 12.0. The van der Waals surface area contributed by atoms with E-state index < -0.39 is 6.04 Å². The van der Waals surface area contributed by atoms with E-state index in [0.717, 1.165) is 25.0 Å². The van der Waals surface area contributed by atoms with E-state index in [4.69, 9.17) is 11.6 Å². The van der Waals surface area contributed by atoms with E-state index in [2.05, 4.69) is 24.6 Å². The molecule has 2 atom stereocenters. The number of aldehydes is 1. The van der Waals surface area contributed by atoms with Crippen molar-refractivity contribution in [3.63, 3.8) is 0 Å². The fraction of sp³-hybridized carbons (Fsp3) is 0.926. The van der Waals surface area contributed by atoms with Gasteiger partial charge in [0.15, 0.2) is 0 Å². The summed E-state index contributed by atoms with van der Waals surface area (Å²) in [5, 5.41) is 2.94. The Kier molecular flexibility index (Phi) is 26.6. The molecule has 0 rings (SSSR count). The number of amides is 1. The number of hydrogen-bond acceptors (Lipinski definition) is 7. The molecule has 1 amide bonds. The van der Waals surface area contributed by atoms with Crippen LogP contribution in [-0.4, -0.2) is 42.3 Å². The number of nitrogens with two attached hydrogens (primary N) is 2. The van der Waals surface area contributed by atoms with Crippen LogP contribution in [0.4, 0.5) is 0 Å². The van der Waals surface area contributed by atoms with Crippen molar-refractivity contribution >= 4 is 33.8 Å². The SMILES string of the molecule is CC(C)CCCCCCCCCCCCCCCCCCNC(=O)C(N)CSSCC(C=O)NN. The van der Waals surface area contributed by atoms with Gasteiger partial charge in [0.05, 0.1) is 12.1 Å². The van der Waals surface area contributed by atoms with Gasteiger partial charge in [-0.15, -0.1) is 0 Å². The third-order valence-corrected chi connectivity index (χ3v) is 8.77. The van der Waals surface area contributed by atoms with Crippen molar-refractivity contribution < 1.29 is 9.59 Å². The molecule has 0 aliphatic heterocycles. The van der Waals surface area contributed by atoms with Crippen LogP contribution in [0.5, 0.6) is 0 Å². The molecule has 2 unspecified atom stereocenters. The highest BCUT2D eigenvalue weighted by molar-refractivity contribution is 8.76. The normalized spacial score (nSPS) is 13.2. The summed E-state index contributed by atoms with van der Waals surface area (Å²) in [4.78, 5) is 22.7. The first kappa shape index (κ1) is 34.7. The van der Waals surface area contributed by atoms with Crippen molar-refractivity contribution in [2.24, 2.45) is 17.5 Å². The van der Waals surface area contributed by atoms with Crippen LogP contribution in [0.2, 0.25) is 0 Å². The average molecular weight is 533 g/mol. The lowest BCUT2D eigenvalue weighted by Crippen LogP contribution is -2.42. The highest BCUT2D eigenvalue weighted by atomic mass is 33.1. The summed E-state index contributed by atoms with van der Waals surface area (Å²) in [5.74, 6) is 7.09. The molecule has 0 radical (unpaired) electrons. The molecule has 0 heterocycles. The van der Waals surface area contributed by atoms with Gasteiger partial charge >= 0.3 is 0 Å². The van der Waals surface area contributed by atoms with Gasteiger partial charge in [-0.05, 0) is 12.3 Å². The smallest absolute Gasteiger partial charge is 0.237 e. The number of hydrazine groups is 1. The molecule has 0 aromatic carbocycles. The van der Waals surface area contributed by atoms with E-state index in [1.165, 1.54) is 118 Å². The molecule has 0 aromatic rings. The largest absolute Gasteiger partial charge is 0.355 e. The minimum Gasteiger partial charge on any atom is -0.355 e. The van der Waals surface area contributed by atoms with Crippen molar-refractivity contribution in [3.05, 3.63) is 0 Å². The zero-order valence-electron chi connectivity index (χ0n) is 22.7. The van der Waals surface area contributed by atoms with Gasteiger partial charge in [0.2, 0.25) is 5.91 Å². The van der Waals surface area contributed by atoms with Gasteiger partial charge in [-0.1, -0.05) is 138 Å². The third kappa shape index (κ3) is 25.2. The van der Waals surface area contributed by atoms with Crippen LogP contribution < -0.4 is 22.3 Å². The van der Waals surface area contributed by atoms with Crippen LogP contribution in [-0.2, 0) is 9.59 Å². The Hall–Kier alpha value is -0.280. The Labute approximate surface area is 224 Å². The fourth-order valence-corrected chi connectivity index (χ4v) is 6.21. The molecular formula is C27H56N4O2S2. The lowest BCUT2D eigenvalue weighted by atomic mass is 10.0. The topological polar surface area (TPSA) is 110 Å². The molecule has 35 heavy (non-hydrogen) atoms. The minimum absolute atomic E-state index is 0.0939. The number of carbonyl (C=O) groups is 2. The predicted octanol–water partition coefficient (Wildman–Crippen LogP) is 6.13. The lowest BCUT2D eigenvalue weighted by molar-refractivity contribution is -0.121. The first-order valence-electron chi connectivity index (χ1n) is 14.2. The van der Waals surface area contributed by atoms with Gasteiger partial charge in [-0.25, -0.2) is 5.43 Å². The van der Waals surface area contributed by atoms with E-state index in [1.807, 2.05) is 0 Å². The maximum Gasteiger partial charge on any atom is 0.237 e. The second-order valence-corrected chi connectivity index (χ2v) is 12.8. The monoisotopic (exact) mass is 532 g/mol. The number of hydrogen-bond donors (Lipinski definition) is 4. The van der Waals surface area contributed by atoms with Crippen LogP contribution in [0.25, 0.3) is 0 Å². The first-order chi connectivity index (χ1) is 17.0. The molecule has 6 nitrogen and oxygen atoms in total. The van der Waals surface area contributed by atoms with Crippen LogP contribution in [0.3, 0.4) is 0 Å². The Morgan fingerprint density at radius 1 is 0.743 bits per heavy atom. The minimum atomic E-state index is -0.521. The fourth-order valence-electron chi connectivity index (χ4n) is 3.94. The summed E-state index contributed by atoms with van der Waals surface area (Å²) in [6, 6.07) is -0.890. The quantitative estimate of drug-likeness (QED) is 0.0331. The van der Waals surface area contributed by atoms with E-state index in [0.29, 0.717) is 18.1 Å². The van der Waals surface area contributed by atoms with Gasteiger partial charge < -0.3 is 15.8 Å². The number of nitrogens with one attached hydrogen (secondary N) is 2. The highest BCUT2D eigenvalue weighted by Crippen LogP contribution is 2.22. The van der Waals surface area contributed by atoms with Crippen molar-refractivity contribution in [3.8, 4) is 0 Å². The molecule has 0 aliphatic carbocycles. The Balaban J connectivity index is 3.29. The maximum atomic E-state index is 12.0. The van der Waals surface area contributed by atoms with Gasteiger partial charge in [-0.3, -0.25) is 10.6 Å². The van der Waals surface area contributed by atoms with E-state index in [-0.39, 0.29) is 11.9 Å². The molecule has 0 aromatic heterocycles. The molecule has 0 spiro atoms. The molecule has 0 fully saturated rings. The van der Waals surface area contributed by atoms with Crippen molar-refractivity contribution in [2.75, 3.05) is 18.1 Å². The molecule has 0 bridgehead atoms. The van der Waals surface area contributed by atoms with Crippen molar-refractivity contribution in [1.29, 1.82) is 0 Å². The Bertz CT molecular complexity index is 484. The second-order valence-electron chi connectivity index (χ2n) is 10.2. The summed E-state index contributed by atoms with van der Waals surface area (Å²) in [7, 11) is 2.98. The molecule has 6 N–H and O–H groups in total. The highest BCUT2D eigenvalue weighted by Gasteiger charge is 2.13. The van der Waals surface area contributed by atoms with E-state index >= 15 is 0 Å². The lowest BCUT2D eigenvalue weighted by Gasteiger charge is -2.12. The van der Waals surface area contributed by atoms with Gasteiger partial charge in [0, 0.05) is 18.1 Å². The molecule has 0 saturated heterocycles. The van der Waals surface area contributed by atoms with Crippen molar-refractivity contribution in [2.45, 2.75) is 135 Å². The predicted molar refractivity (Wildman–Crippen MR) is 156 cm³/mol. The Morgan fingerprint density at radius 2 is 1.17 bits per heavy atom. The standard InChI is InChI=1S/C27H56N4O2S2/c1-24(2)19-17-15-13-11-9-7-5-3-4-6-8-10-12-14-16-18-20-30-27(33)26(28)23-35-34-22-25(21-32)31-29/h21,24-26,31H,3-20,22-23,28-29H2,1-2H3,(H,30,33). The summed E-state index contributed by atoms with van der Waals surface area (Å²) >= 11 is 0. The number of rotatable bonds is 27. The van der Waals surface area contributed by atoms with Gasteiger partial charge in [0.25, 0.3) is 0 Å². The first-order valence-corrected chi connectivity index (χ1v) is 16.7. The van der Waals surface area contributed by atoms with Crippen LogP contribution in [0, 0.1) is 5.92 Å². The zero-order valence-corrected chi connectivity index (χ0v) is 24.4. The summed E-state index contributed by atoms with van der Waals surface area (Å²) in [6.45, 7) is 5.35. The number of carbonyl (C=O) groups excluding carboxylic acids is 2. The van der Waals surface area contributed by atoms with Crippen LogP contribution >= 0.6 is 21.6 Å². The van der Waals surface area contributed by atoms with Gasteiger partial charge in [-0.2, -0.15) is 0 Å². The van der Waals surface area contributed by atoms with E-state index in [9.17, 15) is 9.59 Å². The zero-order chi connectivity index (χ0) is 26.0. The third-order valence-electron chi connectivity index (χ3n) is 6.30.